The average Bonchev–Trinajstić information content (AvgIpc) is 2.59. The summed E-state index contributed by atoms with van der Waals surface area (Å²) in [5, 5.41) is 11.5. The molecular weight excluding hydrogens is 261 g/mol. The second-order valence-corrected chi connectivity index (χ2v) is 4.28. The minimum absolute atomic E-state index is 0.474. The number of aromatic carboxylic acids is 1. The Bertz CT molecular complexity index is 428. The van der Waals surface area contributed by atoms with Crippen molar-refractivity contribution in [3.63, 3.8) is 0 Å². The largest absolute Gasteiger partial charge is 0.478 e. The number of carboxylic acids is 1. The van der Waals surface area contributed by atoms with Crippen molar-refractivity contribution in [2.75, 3.05) is 0 Å². The van der Waals surface area contributed by atoms with Crippen molar-refractivity contribution >= 4 is 17.6 Å². The van der Waals surface area contributed by atoms with E-state index in [1.165, 1.54) is 0 Å². The maximum absolute atomic E-state index is 12.5. The van der Waals surface area contributed by atoms with E-state index in [1.807, 2.05) is 0 Å². The molecule has 0 aromatic carbocycles. The molecule has 2 atom stereocenters. The summed E-state index contributed by atoms with van der Waals surface area (Å²) in [6.07, 6.45) is -3.96. The molecule has 1 N–H and O–H groups in total. The number of carboxylic acid groups (broad SMARTS) is 1. The minimum Gasteiger partial charge on any atom is -0.478 e. The molecule has 0 aliphatic rings. The van der Waals surface area contributed by atoms with Gasteiger partial charge in [0.15, 0.2) is 5.69 Å². The minimum atomic E-state index is -4.80. The van der Waals surface area contributed by atoms with E-state index in [2.05, 4.69) is 5.10 Å². The first-order valence-electron chi connectivity index (χ1n) is 4.68. The van der Waals surface area contributed by atoms with Crippen LogP contribution < -0.4 is 0 Å². The second-order valence-electron chi connectivity index (χ2n) is 3.59. The smallest absolute Gasteiger partial charge is 0.436 e. The Balaban J connectivity index is 3.27. The molecule has 17 heavy (non-hydrogen) atoms. The maximum atomic E-state index is 12.5. The van der Waals surface area contributed by atoms with E-state index in [0.29, 0.717) is 0 Å². The monoisotopic (exact) mass is 270 g/mol. The highest BCUT2D eigenvalue weighted by Crippen LogP contribution is 2.31. The molecule has 0 bridgehead atoms. The first kappa shape index (κ1) is 13.8. The fraction of sp³-hybridized carbons (Fsp3) is 0.556. The van der Waals surface area contributed by atoms with Crippen LogP contribution in [0.2, 0.25) is 0 Å². The molecule has 1 rings (SSSR count). The Hall–Kier alpha value is -1.24. The van der Waals surface area contributed by atoms with Gasteiger partial charge in [0.05, 0.1) is 11.4 Å². The number of alkyl halides is 4. The zero-order valence-corrected chi connectivity index (χ0v) is 9.75. The summed E-state index contributed by atoms with van der Waals surface area (Å²) < 4.78 is 38.5. The van der Waals surface area contributed by atoms with Crippen molar-refractivity contribution in [2.24, 2.45) is 0 Å². The molecular formula is C9H10ClF3N2O2. The van der Waals surface area contributed by atoms with Crippen LogP contribution in [-0.2, 0) is 6.18 Å². The highest BCUT2D eigenvalue weighted by atomic mass is 35.5. The van der Waals surface area contributed by atoms with Crippen LogP contribution in [0, 0.1) is 0 Å². The number of carbonyl (C=O) groups is 1. The first-order valence-corrected chi connectivity index (χ1v) is 5.12. The number of rotatable bonds is 3. The van der Waals surface area contributed by atoms with Crippen LogP contribution >= 0.6 is 11.6 Å². The summed E-state index contributed by atoms with van der Waals surface area (Å²) in [6, 6.07) is -0.536. The molecule has 0 aliphatic carbocycles. The third kappa shape index (κ3) is 2.91. The quantitative estimate of drug-likeness (QED) is 0.859. The van der Waals surface area contributed by atoms with Gasteiger partial charge in [0.2, 0.25) is 0 Å². The number of halogens is 4. The molecule has 0 saturated carbocycles. The lowest BCUT2D eigenvalue weighted by Gasteiger charge is -2.13. The van der Waals surface area contributed by atoms with Gasteiger partial charge in [-0.25, -0.2) is 4.79 Å². The van der Waals surface area contributed by atoms with E-state index >= 15 is 0 Å². The molecule has 1 aromatic heterocycles. The van der Waals surface area contributed by atoms with Gasteiger partial charge in [0.1, 0.15) is 5.56 Å². The highest BCUT2D eigenvalue weighted by Gasteiger charge is 2.39. The molecule has 96 valence electrons. The number of hydrogen-bond donors (Lipinski definition) is 1. The van der Waals surface area contributed by atoms with Gasteiger partial charge in [-0.1, -0.05) is 0 Å². The maximum Gasteiger partial charge on any atom is 0.436 e. The summed E-state index contributed by atoms with van der Waals surface area (Å²) in [5.41, 5.74) is -2.28. The van der Waals surface area contributed by atoms with Gasteiger partial charge in [0, 0.05) is 6.20 Å². The van der Waals surface area contributed by atoms with E-state index in [1.54, 1.807) is 13.8 Å². The molecule has 1 heterocycles. The van der Waals surface area contributed by atoms with Crippen molar-refractivity contribution < 1.29 is 23.1 Å². The summed E-state index contributed by atoms with van der Waals surface area (Å²) >= 11 is 5.73. The van der Waals surface area contributed by atoms with Gasteiger partial charge < -0.3 is 5.11 Å². The van der Waals surface area contributed by atoms with Crippen molar-refractivity contribution in [1.29, 1.82) is 0 Å². The summed E-state index contributed by atoms with van der Waals surface area (Å²) in [4.78, 5) is 10.7. The molecule has 1 aromatic rings. The Labute approximate surface area is 100.0 Å². The number of aromatic nitrogens is 2. The molecule has 0 saturated heterocycles. The van der Waals surface area contributed by atoms with Gasteiger partial charge in [-0.05, 0) is 13.8 Å². The third-order valence-electron chi connectivity index (χ3n) is 2.31. The average molecular weight is 271 g/mol. The normalized spacial score (nSPS) is 15.6. The van der Waals surface area contributed by atoms with Gasteiger partial charge in [-0.15, -0.1) is 11.6 Å². The van der Waals surface area contributed by atoms with E-state index in [4.69, 9.17) is 16.7 Å². The zero-order chi connectivity index (χ0) is 13.4. The van der Waals surface area contributed by atoms with Crippen LogP contribution in [-0.4, -0.2) is 26.2 Å². The van der Waals surface area contributed by atoms with Crippen LogP contribution in [0.25, 0.3) is 0 Å². The van der Waals surface area contributed by atoms with Crippen molar-refractivity contribution in [1.82, 2.24) is 9.78 Å². The van der Waals surface area contributed by atoms with Crippen molar-refractivity contribution in [3.05, 3.63) is 17.5 Å². The predicted molar refractivity (Wildman–Crippen MR) is 54.2 cm³/mol. The number of hydrogen-bond acceptors (Lipinski definition) is 2. The van der Waals surface area contributed by atoms with Gasteiger partial charge in [0.25, 0.3) is 0 Å². The van der Waals surface area contributed by atoms with Gasteiger partial charge in [-0.3, -0.25) is 4.68 Å². The fourth-order valence-corrected chi connectivity index (χ4v) is 1.29. The Morgan fingerprint density at radius 3 is 2.35 bits per heavy atom. The van der Waals surface area contributed by atoms with Crippen LogP contribution in [0.5, 0.6) is 0 Å². The predicted octanol–water partition coefficient (Wildman–Crippen LogP) is 2.79. The third-order valence-corrected chi connectivity index (χ3v) is 2.68. The standard InChI is InChI=1S/C9H10ClF3N2O2/c1-4(10)5(2)15-3-6(8(16)17)7(14-15)9(11,12)13/h3-5H,1-2H3,(H,16,17)/t4?,5-/m1/s1. The van der Waals surface area contributed by atoms with Crippen LogP contribution in [0.4, 0.5) is 13.2 Å². The van der Waals surface area contributed by atoms with Crippen molar-refractivity contribution in [3.8, 4) is 0 Å². The lowest BCUT2D eigenvalue weighted by Crippen LogP contribution is -2.16. The molecule has 8 heteroatoms. The lowest BCUT2D eigenvalue weighted by atomic mass is 10.2. The first-order chi connectivity index (χ1) is 7.64. The number of nitrogens with zero attached hydrogens (tertiary/aromatic N) is 2. The Kier molecular flexibility index (Phi) is 3.71. The molecule has 0 spiro atoms. The molecule has 4 nitrogen and oxygen atoms in total. The Morgan fingerprint density at radius 2 is 2.06 bits per heavy atom. The van der Waals surface area contributed by atoms with E-state index in [0.717, 1.165) is 10.9 Å². The SMILES string of the molecule is CC(Cl)[C@@H](C)n1cc(C(=O)O)c(C(F)(F)F)n1. The topological polar surface area (TPSA) is 55.1 Å². The van der Waals surface area contributed by atoms with Crippen LogP contribution in [0.3, 0.4) is 0 Å². The van der Waals surface area contributed by atoms with E-state index in [9.17, 15) is 18.0 Å². The van der Waals surface area contributed by atoms with Gasteiger partial charge >= 0.3 is 12.1 Å². The van der Waals surface area contributed by atoms with E-state index in [-0.39, 0.29) is 0 Å². The fourth-order valence-electron chi connectivity index (χ4n) is 1.18. The molecule has 0 amide bonds. The zero-order valence-electron chi connectivity index (χ0n) is 8.99. The highest BCUT2D eigenvalue weighted by molar-refractivity contribution is 6.20. The molecule has 0 aliphatic heterocycles. The van der Waals surface area contributed by atoms with Crippen LogP contribution in [0.1, 0.15) is 35.9 Å². The molecule has 1 unspecified atom stereocenters. The second kappa shape index (κ2) is 4.56. The van der Waals surface area contributed by atoms with Gasteiger partial charge in [-0.2, -0.15) is 18.3 Å². The lowest BCUT2D eigenvalue weighted by molar-refractivity contribution is -0.142. The van der Waals surface area contributed by atoms with Crippen molar-refractivity contribution in [2.45, 2.75) is 31.4 Å². The summed E-state index contributed by atoms with van der Waals surface area (Å²) in [7, 11) is 0. The van der Waals surface area contributed by atoms with E-state index < -0.39 is 34.8 Å². The summed E-state index contributed by atoms with van der Waals surface area (Å²) in [6.45, 7) is 3.14. The van der Waals surface area contributed by atoms with Crippen LogP contribution in [0.15, 0.2) is 6.20 Å². The molecule has 0 radical (unpaired) electrons. The Morgan fingerprint density at radius 1 is 1.53 bits per heavy atom. The molecule has 0 fully saturated rings. The summed E-state index contributed by atoms with van der Waals surface area (Å²) in [5.74, 6) is -1.67.